The van der Waals surface area contributed by atoms with Crippen molar-refractivity contribution >= 4 is 0 Å². The van der Waals surface area contributed by atoms with Crippen molar-refractivity contribution in [1.82, 2.24) is 4.90 Å². The van der Waals surface area contributed by atoms with Crippen LogP contribution < -0.4 is 10.5 Å². The third-order valence-corrected chi connectivity index (χ3v) is 3.75. The van der Waals surface area contributed by atoms with Gasteiger partial charge in [-0.3, -0.25) is 4.90 Å². The molecule has 0 aliphatic heterocycles. The lowest BCUT2D eigenvalue weighted by atomic mass is 10.1. The zero-order valence-electron chi connectivity index (χ0n) is 13.2. The maximum atomic E-state index is 5.78. The van der Waals surface area contributed by atoms with Gasteiger partial charge in [0.25, 0.3) is 0 Å². The fourth-order valence-electron chi connectivity index (χ4n) is 2.25. The number of benzene rings is 1. The molecular formula is C16H28N2O2. The first kappa shape index (κ1) is 17.0. The van der Waals surface area contributed by atoms with Gasteiger partial charge in [0.1, 0.15) is 5.75 Å². The molecule has 20 heavy (non-hydrogen) atoms. The highest BCUT2D eigenvalue weighted by molar-refractivity contribution is 5.37. The zero-order chi connectivity index (χ0) is 15.0. The number of methoxy groups -OCH3 is 2. The Morgan fingerprint density at radius 1 is 1.30 bits per heavy atom. The molecule has 0 saturated carbocycles. The molecule has 0 amide bonds. The standard InChI is InChI=1S/C16H28N2O2/c1-5-13(2)18(8-9-19-3)12-14-6-7-16(20-4)15(10-14)11-17/h6-7,10,13H,5,8-9,11-12,17H2,1-4H3. The summed E-state index contributed by atoms with van der Waals surface area (Å²) in [5, 5.41) is 0. The van der Waals surface area contributed by atoms with Crippen LogP contribution in [0.25, 0.3) is 0 Å². The van der Waals surface area contributed by atoms with E-state index in [1.54, 1.807) is 14.2 Å². The topological polar surface area (TPSA) is 47.7 Å². The third kappa shape index (κ3) is 4.78. The summed E-state index contributed by atoms with van der Waals surface area (Å²) in [4.78, 5) is 2.44. The minimum atomic E-state index is 0.498. The van der Waals surface area contributed by atoms with Crippen molar-refractivity contribution in [3.63, 3.8) is 0 Å². The van der Waals surface area contributed by atoms with Gasteiger partial charge in [-0.05, 0) is 31.0 Å². The minimum absolute atomic E-state index is 0.498. The summed E-state index contributed by atoms with van der Waals surface area (Å²) in [6.45, 7) is 7.57. The van der Waals surface area contributed by atoms with Gasteiger partial charge in [0.2, 0.25) is 0 Å². The van der Waals surface area contributed by atoms with Crippen LogP contribution in [0.3, 0.4) is 0 Å². The highest BCUT2D eigenvalue weighted by Crippen LogP contribution is 2.21. The molecule has 4 nitrogen and oxygen atoms in total. The monoisotopic (exact) mass is 280 g/mol. The second-order valence-electron chi connectivity index (χ2n) is 5.07. The van der Waals surface area contributed by atoms with Crippen molar-refractivity contribution in [2.24, 2.45) is 5.73 Å². The molecule has 0 fully saturated rings. The van der Waals surface area contributed by atoms with Crippen LogP contribution in [-0.2, 0) is 17.8 Å². The normalized spacial score (nSPS) is 12.7. The number of nitrogens with zero attached hydrogens (tertiary/aromatic N) is 1. The summed E-state index contributed by atoms with van der Waals surface area (Å²) in [6, 6.07) is 6.79. The van der Waals surface area contributed by atoms with Crippen LogP contribution in [0.1, 0.15) is 31.4 Å². The predicted octanol–water partition coefficient (Wildman–Crippen LogP) is 2.40. The van der Waals surface area contributed by atoms with E-state index in [9.17, 15) is 0 Å². The SMILES string of the molecule is CCC(C)N(CCOC)Cc1ccc(OC)c(CN)c1. The van der Waals surface area contributed by atoms with E-state index >= 15 is 0 Å². The summed E-state index contributed by atoms with van der Waals surface area (Å²) in [5.74, 6) is 0.864. The number of hydrogen-bond donors (Lipinski definition) is 1. The Hall–Kier alpha value is -1.10. The molecule has 0 saturated heterocycles. The van der Waals surface area contributed by atoms with E-state index in [1.807, 2.05) is 6.07 Å². The van der Waals surface area contributed by atoms with E-state index in [-0.39, 0.29) is 0 Å². The Balaban J connectivity index is 2.81. The van der Waals surface area contributed by atoms with Crippen molar-refractivity contribution in [3.8, 4) is 5.75 Å². The second kappa shape index (κ2) is 8.95. The van der Waals surface area contributed by atoms with E-state index in [4.69, 9.17) is 15.2 Å². The maximum absolute atomic E-state index is 5.78. The molecule has 114 valence electrons. The molecule has 0 aromatic heterocycles. The van der Waals surface area contributed by atoms with Gasteiger partial charge < -0.3 is 15.2 Å². The number of nitrogens with two attached hydrogens (primary N) is 1. The van der Waals surface area contributed by atoms with Gasteiger partial charge in [-0.2, -0.15) is 0 Å². The lowest BCUT2D eigenvalue weighted by Crippen LogP contribution is -2.34. The fraction of sp³-hybridized carbons (Fsp3) is 0.625. The highest BCUT2D eigenvalue weighted by atomic mass is 16.5. The summed E-state index contributed by atoms with van der Waals surface area (Å²) < 4.78 is 10.5. The third-order valence-electron chi connectivity index (χ3n) is 3.75. The summed E-state index contributed by atoms with van der Waals surface area (Å²) >= 11 is 0. The molecule has 0 heterocycles. The Labute approximate surface area is 122 Å². The molecule has 2 N–H and O–H groups in total. The first-order valence-corrected chi connectivity index (χ1v) is 7.25. The number of rotatable bonds is 9. The summed E-state index contributed by atoms with van der Waals surface area (Å²) in [6.07, 6.45) is 1.13. The van der Waals surface area contributed by atoms with Gasteiger partial charge in [-0.1, -0.05) is 13.0 Å². The average Bonchev–Trinajstić information content (AvgIpc) is 2.50. The smallest absolute Gasteiger partial charge is 0.123 e. The first-order valence-electron chi connectivity index (χ1n) is 7.25. The van der Waals surface area contributed by atoms with Crippen LogP contribution in [-0.4, -0.2) is 38.3 Å². The van der Waals surface area contributed by atoms with Crippen molar-refractivity contribution in [1.29, 1.82) is 0 Å². The molecule has 0 bridgehead atoms. The van der Waals surface area contributed by atoms with Gasteiger partial charge in [0.05, 0.1) is 13.7 Å². The summed E-state index contributed by atoms with van der Waals surface area (Å²) in [7, 11) is 3.42. The largest absolute Gasteiger partial charge is 0.496 e. The maximum Gasteiger partial charge on any atom is 0.123 e. The van der Waals surface area contributed by atoms with Crippen molar-refractivity contribution in [2.45, 2.75) is 39.4 Å². The van der Waals surface area contributed by atoms with Crippen LogP contribution in [0.5, 0.6) is 5.75 Å². The molecule has 1 unspecified atom stereocenters. The molecule has 0 radical (unpaired) electrons. The highest BCUT2D eigenvalue weighted by Gasteiger charge is 2.13. The quantitative estimate of drug-likeness (QED) is 0.754. The number of hydrogen-bond acceptors (Lipinski definition) is 4. The molecule has 0 aliphatic carbocycles. The van der Waals surface area contributed by atoms with E-state index in [0.29, 0.717) is 12.6 Å². The van der Waals surface area contributed by atoms with E-state index in [2.05, 4.69) is 30.9 Å². The first-order chi connectivity index (χ1) is 9.65. The molecule has 1 rings (SSSR count). The van der Waals surface area contributed by atoms with Crippen molar-refractivity contribution in [3.05, 3.63) is 29.3 Å². The molecule has 4 heteroatoms. The van der Waals surface area contributed by atoms with Crippen LogP contribution in [0.2, 0.25) is 0 Å². The molecule has 1 atom stereocenters. The predicted molar refractivity (Wildman–Crippen MR) is 82.9 cm³/mol. The molecule has 1 aromatic carbocycles. The Kier molecular flexibility index (Phi) is 7.59. The summed E-state index contributed by atoms with van der Waals surface area (Å²) in [5.41, 5.74) is 8.10. The van der Waals surface area contributed by atoms with Gasteiger partial charge in [0.15, 0.2) is 0 Å². The molecular weight excluding hydrogens is 252 g/mol. The van der Waals surface area contributed by atoms with Gasteiger partial charge in [0, 0.05) is 38.3 Å². The lowest BCUT2D eigenvalue weighted by molar-refractivity contribution is 0.118. The molecule has 1 aromatic rings. The zero-order valence-corrected chi connectivity index (χ0v) is 13.2. The van der Waals surface area contributed by atoms with Crippen LogP contribution in [0.4, 0.5) is 0 Å². The fourth-order valence-corrected chi connectivity index (χ4v) is 2.25. The van der Waals surface area contributed by atoms with Crippen LogP contribution in [0, 0.1) is 0 Å². The van der Waals surface area contributed by atoms with Gasteiger partial charge in [-0.15, -0.1) is 0 Å². The molecule has 0 aliphatic rings. The Bertz CT molecular complexity index is 396. The lowest BCUT2D eigenvalue weighted by Gasteiger charge is -2.28. The van der Waals surface area contributed by atoms with E-state index < -0.39 is 0 Å². The van der Waals surface area contributed by atoms with Crippen LogP contribution >= 0.6 is 0 Å². The van der Waals surface area contributed by atoms with E-state index in [0.717, 1.165) is 37.4 Å². The number of ether oxygens (including phenoxy) is 2. The molecule has 0 spiro atoms. The average molecular weight is 280 g/mol. The van der Waals surface area contributed by atoms with Crippen molar-refractivity contribution < 1.29 is 9.47 Å². The second-order valence-corrected chi connectivity index (χ2v) is 5.07. The van der Waals surface area contributed by atoms with Gasteiger partial charge >= 0.3 is 0 Å². The minimum Gasteiger partial charge on any atom is -0.496 e. The van der Waals surface area contributed by atoms with E-state index in [1.165, 1.54) is 5.56 Å². The van der Waals surface area contributed by atoms with Gasteiger partial charge in [-0.25, -0.2) is 0 Å². The Morgan fingerprint density at radius 3 is 2.60 bits per heavy atom. The van der Waals surface area contributed by atoms with Crippen molar-refractivity contribution in [2.75, 3.05) is 27.4 Å². The van der Waals surface area contributed by atoms with Crippen LogP contribution in [0.15, 0.2) is 18.2 Å². The Morgan fingerprint density at radius 2 is 2.05 bits per heavy atom.